The molecule has 0 bridgehead atoms. The van der Waals surface area contributed by atoms with Crippen LogP contribution in [0.5, 0.6) is 0 Å². The third-order valence-corrected chi connectivity index (χ3v) is 5.83. The molecule has 4 heteroatoms. The summed E-state index contributed by atoms with van der Waals surface area (Å²) in [6.45, 7) is 1.98. The van der Waals surface area contributed by atoms with Crippen molar-refractivity contribution in [1.29, 1.82) is 0 Å². The van der Waals surface area contributed by atoms with E-state index in [2.05, 4.69) is 87.3 Å². The largest absolute Gasteiger partial charge is 0.294 e. The molecule has 0 radical (unpaired) electrons. The maximum atomic E-state index is 4.94. The van der Waals surface area contributed by atoms with Gasteiger partial charge in [-0.05, 0) is 48.4 Å². The lowest BCUT2D eigenvalue weighted by Gasteiger charge is -2.08. The molecule has 0 spiro atoms. The molecule has 0 unspecified atom stereocenters. The van der Waals surface area contributed by atoms with E-state index >= 15 is 0 Å². The van der Waals surface area contributed by atoms with Crippen molar-refractivity contribution in [3.05, 3.63) is 109 Å². The first-order valence-electron chi connectivity index (χ1n) is 10.6. The molecule has 0 atom stereocenters. The van der Waals surface area contributed by atoms with E-state index < -0.39 is 0 Å². The summed E-state index contributed by atoms with van der Waals surface area (Å²) >= 11 is 0. The summed E-state index contributed by atoms with van der Waals surface area (Å²) in [5.74, 6) is 0. The Morgan fingerprint density at radius 2 is 1.47 bits per heavy atom. The topological polar surface area (TPSA) is 43.6 Å². The van der Waals surface area contributed by atoms with Crippen molar-refractivity contribution < 1.29 is 0 Å². The van der Waals surface area contributed by atoms with Crippen LogP contribution in [-0.4, -0.2) is 19.5 Å². The summed E-state index contributed by atoms with van der Waals surface area (Å²) in [6.07, 6.45) is 3.52. The summed E-state index contributed by atoms with van der Waals surface area (Å²) in [6, 6.07) is 31.6. The Hall–Kier alpha value is -4.31. The first kappa shape index (κ1) is 18.5. The van der Waals surface area contributed by atoms with Gasteiger partial charge < -0.3 is 0 Å². The fourth-order valence-corrected chi connectivity index (χ4v) is 4.39. The summed E-state index contributed by atoms with van der Waals surface area (Å²) in [5.41, 5.74) is 8.35. The fraction of sp³-hybridized carbons (Fsp3) is 0.0357. The van der Waals surface area contributed by atoms with E-state index in [0.717, 1.165) is 39.2 Å². The van der Waals surface area contributed by atoms with Gasteiger partial charge in [0.1, 0.15) is 12.0 Å². The molecule has 0 saturated carbocycles. The van der Waals surface area contributed by atoms with Gasteiger partial charge in [-0.15, -0.1) is 0 Å². The summed E-state index contributed by atoms with van der Waals surface area (Å²) in [7, 11) is 0. The SMILES string of the molecule is Cc1cc(-c2cnc3c(c2)c2c(-c4ccccc4)cccc2n3-c2ccccc2)ncn1. The van der Waals surface area contributed by atoms with Crippen LogP contribution in [0.1, 0.15) is 5.69 Å². The molecule has 3 aromatic heterocycles. The number of aryl methyl sites for hydroxylation is 1. The Bertz CT molecular complexity index is 1570. The molecule has 32 heavy (non-hydrogen) atoms. The van der Waals surface area contributed by atoms with Crippen LogP contribution in [0.15, 0.2) is 104 Å². The smallest absolute Gasteiger partial charge is 0.145 e. The highest BCUT2D eigenvalue weighted by molar-refractivity contribution is 6.15. The Balaban J connectivity index is 1.73. The molecule has 0 aliphatic rings. The van der Waals surface area contributed by atoms with Gasteiger partial charge in [-0.25, -0.2) is 15.0 Å². The highest BCUT2D eigenvalue weighted by atomic mass is 15.0. The number of hydrogen-bond donors (Lipinski definition) is 0. The van der Waals surface area contributed by atoms with E-state index in [9.17, 15) is 0 Å². The zero-order valence-electron chi connectivity index (χ0n) is 17.6. The van der Waals surface area contributed by atoms with Crippen molar-refractivity contribution in [2.24, 2.45) is 0 Å². The molecule has 152 valence electrons. The Morgan fingerprint density at radius 3 is 2.25 bits per heavy atom. The van der Waals surface area contributed by atoms with Crippen molar-refractivity contribution in [2.45, 2.75) is 6.92 Å². The van der Waals surface area contributed by atoms with Gasteiger partial charge in [-0.2, -0.15) is 0 Å². The maximum Gasteiger partial charge on any atom is 0.145 e. The number of fused-ring (bicyclic) bond motifs is 3. The molecular weight excluding hydrogens is 392 g/mol. The van der Waals surface area contributed by atoms with E-state index in [1.807, 2.05) is 31.3 Å². The van der Waals surface area contributed by atoms with E-state index in [1.54, 1.807) is 6.33 Å². The Kier molecular flexibility index (Phi) is 4.29. The minimum atomic E-state index is 0.879. The number of pyridine rings is 1. The summed E-state index contributed by atoms with van der Waals surface area (Å²) in [5, 5.41) is 2.30. The van der Waals surface area contributed by atoms with Gasteiger partial charge in [0, 0.05) is 33.9 Å². The van der Waals surface area contributed by atoms with Crippen molar-refractivity contribution in [1.82, 2.24) is 19.5 Å². The third-order valence-electron chi connectivity index (χ3n) is 5.83. The van der Waals surface area contributed by atoms with Crippen molar-refractivity contribution in [2.75, 3.05) is 0 Å². The van der Waals surface area contributed by atoms with Gasteiger partial charge >= 0.3 is 0 Å². The molecule has 6 rings (SSSR count). The highest BCUT2D eigenvalue weighted by Gasteiger charge is 2.18. The van der Waals surface area contributed by atoms with Crippen LogP contribution < -0.4 is 0 Å². The molecule has 0 aliphatic carbocycles. The highest BCUT2D eigenvalue weighted by Crippen LogP contribution is 2.38. The molecule has 3 heterocycles. The molecule has 0 amide bonds. The second-order valence-corrected chi connectivity index (χ2v) is 7.88. The van der Waals surface area contributed by atoms with Crippen molar-refractivity contribution in [3.63, 3.8) is 0 Å². The third kappa shape index (κ3) is 2.96. The number of para-hydroxylation sites is 1. The lowest BCUT2D eigenvalue weighted by atomic mass is 9.99. The molecule has 0 fully saturated rings. The van der Waals surface area contributed by atoms with Crippen molar-refractivity contribution in [3.8, 4) is 28.1 Å². The van der Waals surface area contributed by atoms with Gasteiger partial charge in [-0.1, -0.05) is 60.7 Å². The average Bonchev–Trinajstić information content (AvgIpc) is 3.19. The number of hydrogen-bond acceptors (Lipinski definition) is 3. The van der Waals surface area contributed by atoms with E-state index in [-0.39, 0.29) is 0 Å². The predicted octanol–water partition coefficient (Wildman–Crippen LogP) is 6.61. The molecule has 6 aromatic rings. The van der Waals surface area contributed by atoms with Crippen molar-refractivity contribution >= 4 is 21.9 Å². The standard InChI is InChI=1S/C28H20N4/c1-19-15-25(31-18-30-19)21-16-24-27-23(20-9-4-2-5-10-20)13-8-14-26(27)32(28(24)29-17-21)22-11-6-3-7-12-22/h2-18H,1H3. The first-order valence-corrected chi connectivity index (χ1v) is 10.6. The minimum absolute atomic E-state index is 0.879. The van der Waals surface area contributed by atoms with Gasteiger partial charge in [0.25, 0.3) is 0 Å². The second kappa shape index (κ2) is 7.43. The van der Waals surface area contributed by atoms with Crippen LogP contribution in [0.25, 0.3) is 50.0 Å². The quantitative estimate of drug-likeness (QED) is 0.328. The van der Waals surface area contributed by atoms with E-state index in [1.165, 1.54) is 16.5 Å². The normalized spacial score (nSPS) is 11.3. The van der Waals surface area contributed by atoms with Crippen LogP contribution in [0.3, 0.4) is 0 Å². The Morgan fingerprint density at radius 1 is 0.688 bits per heavy atom. The molecule has 3 aromatic carbocycles. The van der Waals surface area contributed by atoms with Crippen LogP contribution in [0.4, 0.5) is 0 Å². The number of rotatable bonds is 3. The van der Waals surface area contributed by atoms with Crippen LogP contribution in [0, 0.1) is 6.92 Å². The number of aromatic nitrogens is 4. The molecular formula is C28H20N4. The lowest BCUT2D eigenvalue weighted by Crippen LogP contribution is -1.95. The summed E-state index contributed by atoms with van der Waals surface area (Å²) in [4.78, 5) is 13.7. The zero-order valence-corrected chi connectivity index (χ0v) is 17.6. The fourth-order valence-electron chi connectivity index (χ4n) is 4.39. The zero-order chi connectivity index (χ0) is 21.5. The second-order valence-electron chi connectivity index (χ2n) is 7.88. The number of benzene rings is 3. The van der Waals surface area contributed by atoms with Crippen LogP contribution in [0.2, 0.25) is 0 Å². The van der Waals surface area contributed by atoms with Crippen LogP contribution >= 0.6 is 0 Å². The van der Waals surface area contributed by atoms with Crippen LogP contribution in [-0.2, 0) is 0 Å². The average molecular weight is 412 g/mol. The van der Waals surface area contributed by atoms with E-state index in [4.69, 9.17) is 4.98 Å². The van der Waals surface area contributed by atoms with Gasteiger partial charge in [-0.3, -0.25) is 4.57 Å². The minimum Gasteiger partial charge on any atom is -0.294 e. The molecule has 4 nitrogen and oxygen atoms in total. The molecule has 0 N–H and O–H groups in total. The van der Waals surface area contributed by atoms with Gasteiger partial charge in [0.05, 0.1) is 11.2 Å². The lowest BCUT2D eigenvalue weighted by molar-refractivity contribution is 1.10. The maximum absolute atomic E-state index is 4.94. The first-order chi connectivity index (χ1) is 15.8. The molecule has 0 aliphatic heterocycles. The van der Waals surface area contributed by atoms with E-state index in [0.29, 0.717) is 0 Å². The Labute approximate surface area is 185 Å². The number of nitrogens with zero attached hydrogens (tertiary/aromatic N) is 4. The van der Waals surface area contributed by atoms with Gasteiger partial charge in [0.15, 0.2) is 0 Å². The molecule has 0 saturated heterocycles. The summed E-state index contributed by atoms with van der Waals surface area (Å²) < 4.78 is 2.24. The monoisotopic (exact) mass is 412 g/mol. The predicted molar refractivity (Wildman–Crippen MR) is 130 cm³/mol. The van der Waals surface area contributed by atoms with Gasteiger partial charge in [0.2, 0.25) is 0 Å².